The van der Waals surface area contributed by atoms with E-state index in [1.807, 2.05) is 91.0 Å². The molecule has 202 valence electrons. The molecule has 5 aromatic carbocycles. The zero-order valence-electron chi connectivity index (χ0n) is 21.8. The molecule has 5 rings (SSSR count). The number of ether oxygens (including phenoxy) is 2. The van der Waals surface area contributed by atoms with Crippen molar-refractivity contribution in [1.82, 2.24) is 0 Å². The van der Waals surface area contributed by atoms with Gasteiger partial charge in [-0.25, -0.2) is 0 Å². The van der Waals surface area contributed by atoms with Gasteiger partial charge in [0.1, 0.15) is 36.4 Å². The van der Waals surface area contributed by atoms with Gasteiger partial charge in [0.2, 0.25) is 0 Å². The Balaban J connectivity index is 1.34. The second-order valence-electron chi connectivity index (χ2n) is 9.14. The summed E-state index contributed by atoms with van der Waals surface area (Å²) in [6, 6.07) is 35.9. The number of amides is 1. The highest BCUT2D eigenvalue weighted by atomic mass is 79.9. The number of hydrogen-bond acceptors (Lipinski definition) is 4. The van der Waals surface area contributed by atoms with Crippen LogP contribution in [0.1, 0.15) is 16.7 Å². The molecule has 41 heavy (non-hydrogen) atoms. The average molecular weight is 624 g/mol. The predicted molar refractivity (Wildman–Crippen MR) is 167 cm³/mol. The van der Waals surface area contributed by atoms with Gasteiger partial charge in [-0.05, 0) is 70.9 Å². The van der Waals surface area contributed by atoms with Crippen LogP contribution in [0.15, 0.2) is 119 Å². The molecule has 1 N–H and O–H groups in total. The molecule has 5 nitrogen and oxygen atoms in total. The number of nitrogens with one attached hydrogen (secondary N) is 1. The summed E-state index contributed by atoms with van der Waals surface area (Å²) in [5, 5.41) is 15.2. The zero-order valence-corrected chi connectivity index (χ0v) is 24.2. The van der Waals surface area contributed by atoms with Crippen molar-refractivity contribution in [2.45, 2.75) is 13.2 Å². The number of anilines is 1. The molecule has 1 amide bonds. The van der Waals surface area contributed by atoms with Gasteiger partial charge in [-0.2, -0.15) is 5.26 Å². The summed E-state index contributed by atoms with van der Waals surface area (Å²) < 4.78 is 13.0. The largest absolute Gasteiger partial charge is 0.489 e. The standard InChI is InChI=1S/C34H24BrClN2O3/c35-27-12-9-23(10-13-27)21-41-33-18-11-24-5-1-3-7-30(24)31(33)19-26(20-37)34(39)38-28-14-16-29(17-15-28)40-22-25-6-2-4-8-32(25)36/h1-19H,21-22H2,(H,38,39)/b26-19+. The lowest BCUT2D eigenvalue weighted by atomic mass is 10.0. The third-order valence-corrected chi connectivity index (χ3v) is 7.25. The van der Waals surface area contributed by atoms with Crippen LogP contribution in [0.5, 0.6) is 11.5 Å². The molecular weight excluding hydrogens is 600 g/mol. The van der Waals surface area contributed by atoms with Crippen LogP contribution in [-0.4, -0.2) is 5.91 Å². The first kappa shape index (κ1) is 28.0. The van der Waals surface area contributed by atoms with Gasteiger partial charge in [-0.15, -0.1) is 0 Å². The number of nitriles is 1. The average Bonchev–Trinajstić information content (AvgIpc) is 3.00. The Morgan fingerprint density at radius 3 is 2.34 bits per heavy atom. The third kappa shape index (κ3) is 7.15. The van der Waals surface area contributed by atoms with Crippen molar-refractivity contribution in [3.05, 3.63) is 141 Å². The van der Waals surface area contributed by atoms with E-state index in [4.69, 9.17) is 21.1 Å². The Kier molecular flexibility index (Phi) is 9.00. The topological polar surface area (TPSA) is 71.3 Å². The number of nitrogens with zero attached hydrogens (tertiary/aromatic N) is 1. The molecule has 5 aromatic rings. The molecule has 0 aromatic heterocycles. The highest BCUT2D eigenvalue weighted by molar-refractivity contribution is 9.10. The molecule has 0 aliphatic heterocycles. The molecule has 0 aliphatic carbocycles. The Morgan fingerprint density at radius 2 is 1.59 bits per heavy atom. The highest BCUT2D eigenvalue weighted by Crippen LogP contribution is 2.31. The van der Waals surface area contributed by atoms with Crippen LogP contribution in [-0.2, 0) is 18.0 Å². The summed E-state index contributed by atoms with van der Waals surface area (Å²) in [6.07, 6.45) is 1.58. The van der Waals surface area contributed by atoms with Crippen molar-refractivity contribution in [3.63, 3.8) is 0 Å². The first-order valence-electron chi connectivity index (χ1n) is 12.8. The van der Waals surface area contributed by atoms with Crippen LogP contribution in [0.4, 0.5) is 5.69 Å². The van der Waals surface area contributed by atoms with Crippen LogP contribution in [0.25, 0.3) is 16.8 Å². The van der Waals surface area contributed by atoms with Crippen molar-refractivity contribution in [2.24, 2.45) is 0 Å². The molecule has 0 aliphatic rings. The van der Waals surface area contributed by atoms with Crippen LogP contribution in [0.3, 0.4) is 0 Å². The van der Waals surface area contributed by atoms with E-state index in [9.17, 15) is 10.1 Å². The van der Waals surface area contributed by atoms with Gasteiger partial charge >= 0.3 is 0 Å². The molecule has 0 bridgehead atoms. The van der Waals surface area contributed by atoms with Crippen molar-refractivity contribution in [3.8, 4) is 17.6 Å². The van der Waals surface area contributed by atoms with Gasteiger partial charge < -0.3 is 14.8 Å². The van der Waals surface area contributed by atoms with Crippen molar-refractivity contribution in [2.75, 3.05) is 5.32 Å². The minimum absolute atomic E-state index is 0.0473. The molecule has 0 atom stereocenters. The van der Waals surface area contributed by atoms with E-state index in [1.54, 1.807) is 30.3 Å². The number of fused-ring (bicyclic) bond motifs is 1. The van der Waals surface area contributed by atoms with E-state index in [1.165, 1.54) is 0 Å². The number of benzene rings is 5. The van der Waals surface area contributed by atoms with Gasteiger partial charge in [0.05, 0.1) is 0 Å². The zero-order chi connectivity index (χ0) is 28.6. The van der Waals surface area contributed by atoms with Crippen LogP contribution < -0.4 is 14.8 Å². The third-order valence-electron chi connectivity index (χ3n) is 6.36. The van der Waals surface area contributed by atoms with Crippen molar-refractivity contribution >= 4 is 56.0 Å². The minimum Gasteiger partial charge on any atom is -0.489 e. The summed E-state index contributed by atoms with van der Waals surface area (Å²) in [5.41, 5.74) is 3.02. The Hall–Kier alpha value is -4.57. The van der Waals surface area contributed by atoms with E-state index in [0.29, 0.717) is 41.0 Å². The van der Waals surface area contributed by atoms with Gasteiger partial charge in [0, 0.05) is 26.3 Å². The SMILES string of the molecule is N#C/C(=C\c1c(OCc2ccc(Br)cc2)ccc2ccccc12)C(=O)Nc1ccc(OCc2ccccc2Cl)cc1. The molecule has 7 heteroatoms. The summed E-state index contributed by atoms with van der Waals surface area (Å²) in [5.74, 6) is 0.679. The summed E-state index contributed by atoms with van der Waals surface area (Å²) in [4.78, 5) is 13.1. The maximum absolute atomic E-state index is 13.1. The lowest BCUT2D eigenvalue weighted by Crippen LogP contribution is -2.13. The molecule has 0 heterocycles. The maximum Gasteiger partial charge on any atom is 0.266 e. The fourth-order valence-electron chi connectivity index (χ4n) is 4.19. The first-order valence-corrected chi connectivity index (χ1v) is 14.0. The summed E-state index contributed by atoms with van der Waals surface area (Å²) in [6.45, 7) is 0.662. The highest BCUT2D eigenvalue weighted by Gasteiger charge is 2.14. The fraction of sp³-hybridized carbons (Fsp3) is 0.0588. The van der Waals surface area contributed by atoms with Crippen molar-refractivity contribution in [1.29, 1.82) is 5.26 Å². The maximum atomic E-state index is 13.1. The molecule has 0 saturated carbocycles. The number of hydrogen-bond donors (Lipinski definition) is 1. The Morgan fingerprint density at radius 1 is 0.854 bits per heavy atom. The van der Waals surface area contributed by atoms with Gasteiger partial charge in [0.15, 0.2) is 0 Å². The molecule has 0 fully saturated rings. The second kappa shape index (κ2) is 13.2. The second-order valence-corrected chi connectivity index (χ2v) is 10.5. The number of rotatable bonds is 9. The predicted octanol–water partition coefficient (Wildman–Crippen LogP) is 8.96. The summed E-state index contributed by atoms with van der Waals surface area (Å²) in [7, 11) is 0. The Bertz CT molecular complexity index is 1760. The van der Waals surface area contributed by atoms with E-state index >= 15 is 0 Å². The Labute approximate surface area is 251 Å². The van der Waals surface area contributed by atoms with Crippen LogP contribution in [0, 0.1) is 11.3 Å². The summed E-state index contributed by atoms with van der Waals surface area (Å²) >= 11 is 9.64. The van der Waals surface area contributed by atoms with E-state index in [-0.39, 0.29) is 5.57 Å². The number of carbonyl (C=O) groups is 1. The van der Waals surface area contributed by atoms with E-state index in [0.717, 1.165) is 26.4 Å². The molecule has 0 spiro atoms. The molecule has 0 unspecified atom stereocenters. The van der Waals surface area contributed by atoms with Gasteiger partial charge in [0.25, 0.3) is 5.91 Å². The molecular formula is C34H24BrClN2O3. The lowest BCUT2D eigenvalue weighted by molar-refractivity contribution is -0.112. The quantitative estimate of drug-likeness (QED) is 0.131. The first-order chi connectivity index (χ1) is 20.0. The molecule has 0 radical (unpaired) electrons. The van der Waals surface area contributed by atoms with E-state index in [2.05, 4.69) is 21.2 Å². The van der Waals surface area contributed by atoms with Crippen LogP contribution >= 0.6 is 27.5 Å². The van der Waals surface area contributed by atoms with Crippen molar-refractivity contribution < 1.29 is 14.3 Å². The normalized spacial score (nSPS) is 11.1. The van der Waals surface area contributed by atoms with Gasteiger partial charge in [-0.1, -0.05) is 88.2 Å². The molecule has 0 saturated heterocycles. The van der Waals surface area contributed by atoms with Gasteiger partial charge in [-0.3, -0.25) is 4.79 Å². The lowest BCUT2D eigenvalue weighted by Gasteiger charge is -2.13. The van der Waals surface area contributed by atoms with E-state index < -0.39 is 5.91 Å². The minimum atomic E-state index is -0.524. The number of carbonyl (C=O) groups excluding carboxylic acids is 1. The van der Waals surface area contributed by atoms with Crippen LogP contribution in [0.2, 0.25) is 5.02 Å². The fourth-order valence-corrected chi connectivity index (χ4v) is 4.65. The monoisotopic (exact) mass is 622 g/mol. The number of halogens is 2. The smallest absolute Gasteiger partial charge is 0.266 e.